The summed E-state index contributed by atoms with van der Waals surface area (Å²) in [6.45, 7) is 1.63. The lowest BCUT2D eigenvalue weighted by Crippen LogP contribution is -2.46. The lowest BCUT2D eigenvalue weighted by atomic mass is 9.93. The third kappa shape index (κ3) is 2.57. The van der Waals surface area contributed by atoms with E-state index in [9.17, 15) is 9.90 Å². The zero-order valence-corrected chi connectivity index (χ0v) is 10.8. The van der Waals surface area contributed by atoms with Crippen LogP contribution in [0.1, 0.15) is 22.2 Å². The highest BCUT2D eigenvalue weighted by Crippen LogP contribution is 2.21. The van der Waals surface area contributed by atoms with Crippen molar-refractivity contribution in [3.05, 3.63) is 52.5 Å². The number of aliphatic hydroxyl groups excluding tert-OH is 1. The molecule has 1 aromatic heterocycles. The van der Waals surface area contributed by atoms with Crippen LogP contribution >= 0.6 is 11.3 Å². The van der Waals surface area contributed by atoms with Crippen molar-refractivity contribution in [3.63, 3.8) is 0 Å². The van der Waals surface area contributed by atoms with E-state index in [2.05, 4.69) is 10.3 Å². The Morgan fingerprint density at radius 1 is 1.44 bits per heavy atom. The van der Waals surface area contributed by atoms with Gasteiger partial charge >= 0.3 is 0 Å². The maximum Gasteiger partial charge on any atom is 0.263 e. The second kappa shape index (κ2) is 5.29. The Kier molecular flexibility index (Phi) is 3.74. The number of rotatable bonds is 4. The maximum absolute atomic E-state index is 12.0. The fourth-order valence-electron chi connectivity index (χ4n) is 1.65. The SMILES string of the molecule is CC(CO)(NC(=O)c1cncs1)c1ccccc1. The van der Waals surface area contributed by atoms with E-state index in [-0.39, 0.29) is 12.5 Å². The number of amides is 1. The normalized spacial score (nSPS) is 13.9. The van der Waals surface area contributed by atoms with Crippen molar-refractivity contribution in [3.8, 4) is 0 Å². The van der Waals surface area contributed by atoms with Crippen LogP contribution in [-0.2, 0) is 5.54 Å². The van der Waals surface area contributed by atoms with Crippen LogP contribution < -0.4 is 5.32 Å². The number of thiazole rings is 1. The highest BCUT2D eigenvalue weighted by molar-refractivity contribution is 7.11. The molecular weight excluding hydrogens is 248 g/mol. The van der Waals surface area contributed by atoms with E-state index in [1.807, 2.05) is 30.3 Å². The molecule has 18 heavy (non-hydrogen) atoms. The molecule has 2 aromatic rings. The average molecular weight is 262 g/mol. The molecule has 0 fully saturated rings. The topological polar surface area (TPSA) is 62.2 Å². The molecule has 0 saturated heterocycles. The van der Waals surface area contributed by atoms with Gasteiger partial charge in [0, 0.05) is 0 Å². The number of aliphatic hydroxyl groups is 1. The smallest absolute Gasteiger partial charge is 0.263 e. The molecule has 1 amide bonds. The van der Waals surface area contributed by atoms with E-state index in [1.165, 1.54) is 17.5 Å². The number of aromatic nitrogens is 1. The molecule has 0 spiro atoms. The van der Waals surface area contributed by atoms with Gasteiger partial charge in [0.05, 0.1) is 23.9 Å². The lowest BCUT2D eigenvalue weighted by molar-refractivity contribution is 0.0853. The lowest BCUT2D eigenvalue weighted by Gasteiger charge is -2.29. The van der Waals surface area contributed by atoms with Crippen molar-refractivity contribution in [2.24, 2.45) is 0 Å². The van der Waals surface area contributed by atoms with Crippen LogP contribution in [0.4, 0.5) is 0 Å². The summed E-state index contributed by atoms with van der Waals surface area (Å²) in [6, 6.07) is 9.41. The summed E-state index contributed by atoms with van der Waals surface area (Å²) in [5, 5.41) is 12.4. The zero-order chi connectivity index (χ0) is 13.0. The number of hydrogen-bond acceptors (Lipinski definition) is 4. The van der Waals surface area contributed by atoms with E-state index < -0.39 is 5.54 Å². The van der Waals surface area contributed by atoms with E-state index in [0.29, 0.717) is 4.88 Å². The zero-order valence-electron chi connectivity index (χ0n) is 9.96. The van der Waals surface area contributed by atoms with Gasteiger partial charge < -0.3 is 10.4 Å². The monoisotopic (exact) mass is 262 g/mol. The summed E-state index contributed by atoms with van der Waals surface area (Å²) in [6.07, 6.45) is 1.52. The van der Waals surface area contributed by atoms with Crippen molar-refractivity contribution in [2.75, 3.05) is 6.61 Å². The first kappa shape index (κ1) is 12.7. The number of nitrogens with one attached hydrogen (secondary N) is 1. The van der Waals surface area contributed by atoms with Crippen LogP contribution in [-0.4, -0.2) is 22.6 Å². The minimum Gasteiger partial charge on any atom is -0.394 e. The Morgan fingerprint density at radius 2 is 2.17 bits per heavy atom. The summed E-state index contributed by atoms with van der Waals surface area (Å²) in [5.41, 5.74) is 1.68. The van der Waals surface area contributed by atoms with Gasteiger partial charge in [-0.1, -0.05) is 30.3 Å². The predicted octanol–water partition coefficient (Wildman–Crippen LogP) is 1.78. The number of benzene rings is 1. The largest absolute Gasteiger partial charge is 0.394 e. The fourth-order valence-corrected chi connectivity index (χ4v) is 2.16. The average Bonchev–Trinajstić information content (AvgIpc) is 2.93. The van der Waals surface area contributed by atoms with Crippen molar-refractivity contribution in [2.45, 2.75) is 12.5 Å². The molecule has 0 aliphatic rings. The molecule has 1 atom stereocenters. The highest BCUT2D eigenvalue weighted by atomic mass is 32.1. The quantitative estimate of drug-likeness (QED) is 0.883. The van der Waals surface area contributed by atoms with Gasteiger partial charge in [-0.05, 0) is 12.5 Å². The van der Waals surface area contributed by atoms with Gasteiger partial charge in [0.25, 0.3) is 5.91 Å². The number of carbonyl (C=O) groups is 1. The van der Waals surface area contributed by atoms with E-state index in [0.717, 1.165) is 5.56 Å². The number of hydrogen-bond donors (Lipinski definition) is 2. The first-order valence-electron chi connectivity index (χ1n) is 5.53. The van der Waals surface area contributed by atoms with Crippen LogP contribution in [0.5, 0.6) is 0 Å². The summed E-state index contributed by atoms with van der Waals surface area (Å²) < 4.78 is 0. The van der Waals surface area contributed by atoms with Crippen molar-refractivity contribution in [1.82, 2.24) is 10.3 Å². The molecule has 2 rings (SSSR count). The van der Waals surface area contributed by atoms with Crippen molar-refractivity contribution in [1.29, 1.82) is 0 Å². The van der Waals surface area contributed by atoms with Gasteiger partial charge in [0.1, 0.15) is 4.88 Å². The minimum atomic E-state index is -0.789. The third-order valence-corrected chi connectivity index (χ3v) is 3.54. The van der Waals surface area contributed by atoms with Gasteiger partial charge in [-0.3, -0.25) is 9.78 Å². The second-order valence-corrected chi connectivity index (χ2v) is 5.06. The maximum atomic E-state index is 12.0. The van der Waals surface area contributed by atoms with Gasteiger partial charge in [-0.15, -0.1) is 11.3 Å². The molecule has 0 radical (unpaired) electrons. The van der Waals surface area contributed by atoms with Crippen LogP contribution in [0.25, 0.3) is 0 Å². The second-order valence-electron chi connectivity index (χ2n) is 4.18. The first-order chi connectivity index (χ1) is 8.65. The Labute approximate surface area is 109 Å². The van der Waals surface area contributed by atoms with E-state index in [4.69, 9.17) is 0 Å². The predicted molar refractivity (Wildman–Crippen MR) is 70.5 cm³/mol. The van der Waals surface area contributed by atoms with E-state index >= 15 is 0 Å². The highest BCUT2D eigenvalue weighted by Gasteiger charge is 2.28. The number of carbonyl (C=O) groups excluding carboxylic acids is 1. The summed E-state index contributed by atoms with van der Waals surface area (Å²) in [5.74, 6) is -0.224. The Bertz CT molecular complexity index is 513. The molecule has 1 unspecified atom stereocenters. The third-order valence-electron chi connectivity index (χ3n) is 2.77. The molecule has 4 nitrogen and oxygen atoms in total. The van der Waals surface area contributed by atoms with Crippen molar-refractivity contribution < 1.29 is 9.90 Å². The van der Waals surface area contributed by atoms with Gasteiger partial charge in [0.15, 0.2) is 0 Å². The van der Waals surface area contributed by atoms with Crippen LogP contribution in [0.3, 0.4) is 0 Å². The van der Waals surface area contributed by atoms with Gasteiger partial charge in [-0.25, -0.2) is 0 Å². The Hall–Kier alpha value is -1.72. The summed E-state index contributed by atoms with van der Waals surface area (Å²) in [7, 11) is 0. The van der Waals surface area contributed by atoms with E-state index in [1.54, 1.807) is 12.4 Å². The van der Waals surface area contributed by atoms with Crippen LogP contribution in [0.2, 0.25) is 0 Å². The minimum absolute atomic E-state index is 0.165. The molecule has 1 aromatic carbocycles. The number of nitrogens with zero attached hydrogens (tertiary/aromatic N) is 1. The van der Waals surface area contributed by atoms with Gasteiger partial charge in [-0.2, -0.15) is 0 Å². The molecule has 0 saturated carbocycles. The molecule has 5 heteroatoms. The fraction of sp³-hybridized carbons (Fsp3) is 0.231. The Morgan fingerprint density at radius 3 is 2.72 bits per heavy atom. The molecule has 0 bridgehead atoms. The first-order valence-corrected chi connectivity index (χ1v) is 6.41. The molecule has 2 N–H and O–H groups in total. The van der Waals surface area contributed by atoms with Gasteiger partial charge in [0.2, 0.25) is 0 Å². The van der Waals surface area contributed by atoms with Crippen molar-refractivity contribution >= 4 is 17.2 Å². The standard InChI is InChI=1S/C13H14N2O2S/c1-13(8-16,10-5-3-2-4-6-10)15-12(17)11-7-14-9-18-11/h2-7,9,16H,8H2,1H3,(H,15,17). The summed E-state index contributed by atoms with van der Waals surface area (Å²) >= 11 is 1.27. The molecule has 0 aliphatic heterocycles. The van der Waals surface area contributed by atoms with Crippen LogP contribution in [0, 0.1) is 0 Å². The Balaban J connectivity index is 2.21. The molecule has 0 aliphatic carbocycles. The molecule has 1 heterocycles. The molecular formula is C13H14N2O2S. The van der Waals surface area contributed by atoms with Crippen LogP contribution in [0.15, 0.2) is 42.0 Å². The summed E-state index contributed by atoms with van der Waals surface area (Å²) in [4.78, 5) is 16.4. The molecule has 94 valence electrons.